The van der Waals surface area contributed by atoms with Crippen LogP contribution in [0.5, 0.6) is 11.5 Å². The van der Waals surface area contributed by atoms with Gasteiger partial charge in [0.25, 0.3) is 0 Å². The Labute approximate surface area is 116 Å². The van der Waals surface area contributed by atoms with Crippen molar-refractivity contribution in [2.75, 3.05) is 27.4 Å². The maximum Gasteiger partial charge on any atom is 0.161 e. The van der Waals surface area contributed by atoms with Gasteiger partial charge in [0.15, 0.2) is 11.5 Å². The Morgan fingerprint density at radius 3 is 2.47 bits per heavy atom. The zero-order valence-corrected chi connectivity index (χ0v) is 12.5. The van der Waals surface area contributed by atoms with Crippen molar-refractivity contribution in [2.24, 2.45) is 0 Å². The average Bonchev–Trinajstić information content (AvgIpc) is 2.44. The predicted molar refractivity (Wildman–Crippen MR) is 77.1 cm³/mol. The summed E-state index contributed by atoms with van der Waals surface area (Å²) in [7, 11) is 3.33. The number of hydrogen-bond acceptors (Lipinski definition) is 4. The van der Waals surface area contributed by atoms with Gasteiger partial charge in [-0.05, 0) is 38.1 Å². The van der Waals surface area contributed by atoms with Crippen LogP contribution >= 0.6 is 0 Å². The topological polar surface area (TPSA) is 39.7 Å². The smallest absolute Gasteiger partial charge is 0.161 e. The van der Waals surface area contributed by atoms with Crippen molar-refractivity contribution in [3.63, 3.8) is 0 Å². The minimum absolute atomic E-state index is 0.0602. The molecule has 0 aliphatic heterocycles. The summed E-state index contributed by atoms with van der Waals surface area (Å²) in [5.41, 5.74) is 1.19. The van der Waals surface area contributed by atoms with Gasteiger partial charge in [0.05, 0.1) is 13.2 Å². The standard InChI is InChI=1S/C15H25NO3/c1-6-16-12(3)13-7-8-14(15(9-13)18-5)19-10-11(2)17-4/h7-9,11-12,16H,6,10H2,1-5H3. The SMILES string of the molecule is CCNC(C)c1ccc(OCC(C)OC)c(OC)c1. The van der Waals surface area contributed by atoms with E-state index < -0.39 is 0 Å². The quantitative estimate of drug-likeness (QED) is 0.786. The molecule has 0 radical (unpaired) electrons. The van der Waals surface area contributed by atoms with E-state index in [9.17, 15) is 0 Å². The highest BCUT2D eigenvalue weighted by molar-refractivity contribution is 5.43. The van der Waals surface area contributed by atoms with Gasteiger partial charge in [-0.2, -0.15) is 0 Å². The second kappa shape index (κ2) is 8.02. The molecule has 1 rings (SSSR count). The largest absolute Gasteiger partial charge is 0.493 e. The third-order valence-electron chi connectivity index (χ3n) is 3.07. The number of benzene rings is 1. The molecule has 2 unspecified atom stereocenters. The first kappa shape index (κ1) is 15.8. The van der Waals surface area contributed by atoms with Crippen LogP contribution in [0.1, 0.15) is 32.4 Å². The maximum absolute atomic E-state index is 5.71. The van der Waals surface area contributed by atoms with Crippen molar-refractivity contribution < 1.29 is 14.2 Å². The Morgan fingerprint density at radius 1 is 1.16 bits per heavy atom. The Kier molecular flexibility index (Phi) is 6.67. The zero-order chi connectivity index (χ0) is 14.3. The summed E-state index contributed by atoms with van der Waals surface area (Å²) >= 11 is 0. The first-order valence-electron chi connectivity index (χ1n) is 6.69. The van der Waals surface area contributed by atoms with Gasteiger partial charge in [-0.3, -0.25) is 0 Å². The van der Waals surface area contributed by atoms with Gasteiger partial charge in [-0.1, -0.05) is 13.0 Å². The van der Waals surface area contributed by atoms with E-state index in [1.54, 1.807) is 14.2 Å². The molecular formula is C15H25NO3. The molecule has 4 nitrogen and oxygen atoms in total. The average molecular weight is 267 g/mol. The third-order valence-corrected chi connectivity index (χ3v) is 3.07. The molecule has 2 atom stereocenters. The van der Waals surface area contributed by atoms with Gasteiger partial charge in [-0.25, -0.2) is 0 Å². The summed E-state index contributed by atoms with van der Waals surface area (Å²) < 4.78 is 16.3. The molecule has 19 heavy (non-hydrogen) atoms. The van der Waals surface area contributed by atoms with Crippen molar-refractivity contribution in [3.05, 3.63) is 23.8 Å². The van der Waals surface area contributed by atoms with Gasteiger partial charge in [-0.15, -0.1) is 0 Å². The van der Waals surface area contributed by atoms with Gasteiger partial charge in [0.1, 0.15) is 6.61 Å². The Balaban J connectivity index is 2.78. The van der Waals surface area contributed by atoms with Crippen molar-refractivity contribution in [3.8, 4) is 11.5 Å². The van der Waals surface area contributed by atoms with Gasteiger partial charge in [0.2, 0.25) is 0 Å². The molecule has 0 aliphatic rings. The fourth-order valence-electron chi connectivity index (χ4n) is 1.77. The van der Waals surface area contributed by atoms with Gasteiger partial charge in [0, 0.05) is 13.2 Å². The maximum atomic E-state index is 5.71. The molecule has 1 aromatic carbocycles. The monoisotopic (exact) mass is 267 g/mol. The molecule has 0 fully saturated rings. The van der Waals surface area contributed by atoms with Crippen molar-refractivity contribution in [1.82, 2.24) is 5.32 Å². The zero-order valence-electron chi connectivity index (χ0n) is 12.5. The van der Waals surface area contributed by atoms with E-state index in [0.29, 0.717) is 12.6 Å². The van der Waals surface area contributed by atoms with Crippen LogP contribution in [0.2, 0.25) is 0 Å². The number of methoxy groups -OCH3 is 2. The predicted octanol–water partition coefficient (Wildman–Crippen LogP) is 2.78. The number of hydrogen-bond donors (Lipinski definition) is 1. The van der Waals surface area contributed by atoms with E-state index in [-0.39, 0.29) is 6.10 Å². The van der Waals surface area contributed by atoms with Crippen LogP contribution in [0.4, 0.5) is 0 Å². The summed E-state index contributed by atoms with van der Waals surface area (Å²) in [5.74, 6) is 1.50. The van der Waals surface area contributed by atoms with E-state index >= 15 is 0 Å². The Hall–Kier alpha value is -1.26. The van der Waals surface area contributed by atoms with Crippen LogP contribution in [-0.4, -0.2) is 33.5 Å². The van der Waals surface area contributed by atoms with Gasteiger partial charge < -0.3 is 19.5 Å². The van der Waals surface area contributed by atoms with Crippen LogP contribution in [0.3, 0.4) is 0 Å². The molecule has 0 aromatic heterocycles. The fourth-order valence-corrected chi connectivity index (χ4v) is 1.77. The molecule has 108 valence electrons. The second-order valence-corrected chi connectivity index (χ2v) is 4.55. The summed E-state index contributed by atoms with van der Waals surface area (Å²) in [4.78, 5) is 0. The van der Waals surface area contributed by atoms with Crippen molar-refractivity contribution in [2.45, 2.75) is 32.9 Å². The summed E-state index contributed by atoms with van der Waals surface area (Å²) in [6.07, 6.45) is 0.0602. The van der Waals surface area contributed by atoms with E-state index in [1.165, 1.54) is 5.56 Å². The molecule has 0 saturated heterocycles. The molecule has 1 N–H and O–H groups in total. The third kappa shape index (κ3) is 4.73. The molecule has 4 heteroatoms. The molecular weight excluding hydrogens is 242 g/mol. The lowest BCUT2D eigenvalue weighted by atomic mass is 10.1. The van der Waals surface area contributed by atoms with Crippen LogP contribution in [0.25, 0.3) is 0 Å². The van der Waals surface area contributed by atoms with Gasteiger partial charge >= 0.3 is 0 Å². The summed E-state index contributed by atoms with van der Waals surface area (Å²) in [6, 6.07) is 6.32. The second-order valence-electron chi connectivity index (χ2n) is 4.55. The molecule has 0 amide bonds. The molecule has 0 saturated carbocycles. The highest BCUT2D eigenvalue weighted by atomic mass is 16.5. The molecule has 0 heterocycles. The number of ether oxygens (including phenoxy) is 3. The molecule has 1 aromatic rings. The Bertz CT molecular complexity index is 382. The summed E-state index contributed by atoms with van der Waals surface area (Å²) in [6.45, 7) is 7.64. The van der Waals surface area contributed by atoms with Crippen molar-refractivity contribution in [1.29, 1.82) is 0 Å². The molecule has 0 aliphatic carbocycles. The highest BCUT2D eigenvalue weighted by Gasteiger charge is 2.11. The fraction of sp³-hybridized carbons (Fsp3) is 0.600. The van der Waals surface area contributed by atoms with E-state index in [2.05, 4.69) is 25.2 Å². The lowest BCUT2D eigenvalue weighted by molar-refractivity contribution is 0.0706. The first-order valence-corrected chi connectivity index (χ1v) is 6.69. The lowest BCUT2D eigenvalue weighted by Crippen LogP contribution is -2.18. The van der Waals surface area contributed by atoms with Crippen LogP contribution < -0.4 is 14.8 Å². The van der Waals surface area contributed by atoms with E-state index in [0.717, 1.165) is 18.0 Å². The highest BCUT2D eigenvalue weighted by Crippen LogP contribution is 2.30. The molecule has 0 spiro atoms. The van der Waals surface area contributed by atoms with E-state index in [4.69, 9.17) is 14.2 Å². The Morgan fingerprint density at radius 2 is 1.89 bits per heavy atom. The number of rotatable bonds is 8. The minimum Gasteiger partial charge on any atom is -0.493 e. The number of nitrogens with one attached hydrogen (secondary N) is 1. The summed E-state index contributed by atoms with van der Waals surface area (Å²) in [5, 5.41) is 3.38. The van der Waals surface area contributed by atoms with Crippen molar-refractivity contribution >= 4 is 0 Å². The van der Waals surface area contributed by atoms with Crippen LogP contribution in [-0.2, 0) is 4.74 Å². The van der Waals surface area contributed by atoms with E-state index in [1.807, 2.05) is 19.1 Å². The van der Waals surface area contributed by atoms with Crippen LogP contribution in [0.15, 0.2) is 18.2 Å². The lowest BCUT2D eigenvalue weighted by Gasteiger charge is -2.17. The minimum atomic E-state index is 0.0602. The molecule has 0 bridgehead atoms. The van der Waals surface area contributed by atoms with Crippen LogP contribution in [0, 0.1) is 0 Å². The first-order chi connectivity index (χ1) is 9.12. The normalized spacial score (nSPS) is 13.9.